The van der Waals surface area contributed by atoms with E-state index in [9.17, 15) is 18.0 Å². The van der Waals surface area contributed by atoms with Gasteiger partial charge in [0, 0.05) is 44.0 Å². The lowest BCUT2D eigenvalue weighted by molar-refractivity contribution is -0.123. The Hall–Kier alpha value is -3.38. The molecule has 0 bridgehead atoms. The van der Waals surface area contributed by atoms with Crippen LogP contribution in [0.5, 0.6) is 0 Å². The molecule has 1 heterocycles. The molecule has 0 aromatic heterocycles. The van der Waals surface area contributed by atoms with Gasteiger partial charge >= 0.3 is 0 Å². The number of hydrogen-bond donors (Lipinski definition) is 0. The van der Waals surface area contributed by atoms with E-state index >= 15 is 0 Å². The van der Waals surface area contributed by atoms with Gasteiger partial charge in [-0.3, -0.25) is 9.69 Å². The highest BCUT2D eigenvalue weighted by molar-refractivity contribution is 5.95. The van der Waals surface area contributed by atoms with Crippen molar-refractivity contribution in [1.82, 2.24) is 9.80 Å². The van der Waals surface area contributed by atoms with Crippen molar-refractivity contribution >= 4 is 12.0 Å². The molecule has 2 aromatic rings. The molecule has 2 saturated carbocycles. The summed E-state index contributed by atoms with van der Waals surface area (Å²) in [7, 11) is 0. The van der Waals surface area contributed by atoms with E-state index in [2.05, 4.69) is 74.3 Å². The van der Waals surface area contributed by atoms with Crippen LogP contribution in [0.25, 0.3) is 6.08 Å². The number of nitrogens with zero attached hydrogens (tertiary/aromatic N) is 2. The van der Waals surface area contributed by atoms with Crippen LogP contribution in [-0.2, 0) is 0 Å². The van der Waals surface area contributed by atoms with Crippen LogP contribution in [0.3, 0.4) is 0 Å². The number of unbranched alkanes of at least 4 members (excludes halogenated alkanes) is 1. The topological polar surface area (TPSA) is 23.6 Å². The number of hydrogen-bond acceptors (Lipinski definition) is 2. The third-order valence-electron chi connectivity index (χ3n) is 11.1. The molecule has 3 fully saturated rings. The lowest BCUT2D eigenvalue weighted by Gasteiger charge is -2.50. The van der Waals surface area contributed by atoms with Gasteiger partial charge in [-0.1, -0.05) is 93.5 Å². The molecule has 0 spiro atoms. The van der Waals surface area contributed by atoms with E-state index in [1.165, 1.54) is 23.3 Å². The monoisotopic (exact) mass is 672 g/mol. The Kier molecular flexibility index (Phi) is 11.5. The van der Waals surface area contributed by atoms with Crippen molar-refractivity contribution in [3.05, 3.63) is 113 Å². The summed E-state index contributed by atoms with van der Waals surface area (Å²) in [5.41, 5.74) is 5.22. The zero-order chi connectivity index (χ0) is 35.4. The summed E-state index contributed by atoms with van der Waals surface area (Å²) in [6.45, 7) is 14.5. The van der Waals surface area contributed by atoms with Crippen molar-refractivity contribution < 1.29 is 18.0 Å². The molecule has 7 rings (SSSR count). The maximum absolute atomic E-state index is 13.8. The first kappa shape index (κ1) is 36.9. The second-order valence-corrected chi connectivity index (χ2v) is 14.6. The fourth-order valence-electron chi connectivity index (χ4n) is 8.22. The van der Waals surface area contributed by atoms with Crippen LogP contribution < -0.4 is 0 Å². The molecule has 49 heavy (non-hydrogen) atoms. The van der Waals surface area contributed by atoms with Crippen LogP contribution in [0.1, 0.15) is 99.7 Å². The number of alkyl halides is 2. The summed E-state index contributed by atoms with van der Waals surface area (Å²) in [5.74, 6) is -1.61. The molecule has 2 aromatic carbocycles. The third kappa shape index (κ3) is 8.01. The number of piperidine rings is 1. The highest BCUT2D eigenvalue weighted by Gasteiger charge is 2.66. The van der Waals surface area contributed by atoms with E-state index in [1.807, 2.05) is 43.9 Å². The van der Waals surface area contributed by atoms with Crippen LogP contribution in [-0.4, -0.2) is 52.3 Å². The molecule has 264 valence electrons. The first-order chi connectivity index (χ1) is 23.5. The van der Waals surface area contributed by atoms with Crippen LogP contribution in [0, 0.1) is 37.4 Å². The Morgan fingerprint density at radius 2 is 1.71 bits per heavy atom. The van der Waals surface area contributed by atoms with E-state index in [-0.39, 0.29) is 41.6 Å². The van der Waals surface area contributed by atoms with Gasteiger partial charge in [0.15, 0.2) is 0 Å². The van der Waals surface area contributed by atoms with Crippen LogP contribution >= 0.6 is 0 Å². The van der Waals surface area contributed by atoms with Gasteiger partial charge in [0.05, 0.1) is 11.1 Å². The third-order valence-corrected chi connectivity index (χ3v) is 11.1. The van der Waals surface area contributed by atoms with Crippen LogP contribution in [0.4, 0.5) is 13.2 Å². The predicted molar refractivity (Wildman–Crippen MR) is 196 cm³/mol. The van der Waals surface area contributed by atoms with Crippen molar-refractivity contribution in [3.63, 3.8) is 0 Å². The minimum Gasteiger partial charge on any atom is -0.339 e. The average molecular weight is 673 g/mol. The minimum atomic E-state index is -2.49. The number of fused-ring (bicyclic) bond motifs is 1. The van der Waals surface area contributed by atoms with Gasteiger partial charge in [-0.25, -0.2) is 13.2 Å². The zero-order valence-electron chi connectivity index (χ0n) is 30.3. The number of benzene rings is 2. The average Bonchev–Trinajstić information content (AvgIpc) is 4.01. The van der Waals surface area contributed by atoms with Crippen molar-refractivity contribution in [2.45, 2.75) is 103 Å². The van der Waals surface area contributed by atoms with E-state index < -0.39 is 5.92 Å². The highest BCUT2D eigenvalue weighted by atomic mass is 19.3. The van der Waals surface area contributed by atoms with E-state index in [4.69, 9.17) is 0 Å². The molecule has 1 saturated heterocycles. The molecule has 0 radical (unpaired) electrons. The molecule has 2 atom stereocenters. The Balaban J connectivity index is 0.000000408. The Morgan fingerprint density at radius 3 is 2.29 bits per heavy atom. The fourth-order valence-corrected chi connectivity index (χ4v) is 8.22. The number of likely N-dealkylation sites (tertiary alicyclic amines) is 1. The van der Waals surface area contributed by atoms with Crippen molar-refractivity contribution in [2.24, 2.45) is 17.8 Å². The Morgan fingerprint density at radius 1 is 1.00 bits per heavy atom. The summed E-state index contributed by atoms with van der Waals surface area (Å²) in [6.07, 6.45) is 20.8. The number of amides is 1. The largest absolute Gasteiger partial charge is 0.339 e. The maximum atomic E-state index is 13.8. The molecule has 6 heteroatoms. The number of halogens is 3. The number of aryl methyl sites for hydroxylation is 2. The number of carbonyl (C=O) groups excluding carboxylic acids is 1. The summed E-state index contributed by atoms with van der Waals surface area (Å²) in [5, 5.41) is 0. The van der Waals surface area contributed by atoms with Crippen molar-refractivity contribution in [1.29, 1.82) is 0 Å². The van der Waals surface area contributed by atoms with Crippen molar-refractivity contribution in [2.75, 3.05) is 19.6 Å². The molecule has 3 nitrogen and oxygen atoms in total. The van der Waals surface area contributed by atoms with Gasteiger partial charge in [0.1, 0.15) is 5.82 Å². The zero-order valence-corrected chi connectivity index (χ0v) is 30.3. The second-order valence-electron chi connectivity index (χ2n) is 14.6. The van der Waals surface area contributed by atoms with E-state index in [0.717, 1.165) is 68.4 Å². The lowest BCUT2D eigenvalue weighted by atomic mass is 9.77. The Labute approximate surface area is 292 Å². The molecule has 0 N–H and O–H groups in total. The molecule has 1 aliphatic heterocycles. The highest BCUT2D eigenvalue weighted by Crippen LogP contribution is 2.62. The van der Waals surface area contributed by atoms with Gasteiger partial charge in [-0.05, 0) is 99.2 Å². The summed E-state index contributed by atoms with van der Waals surface area (Å²) in [6, 6.07) is 12.5. The summed E-state index contributed by atoms with van der Waals surface area (Å²) < 4.78 is 39.8. The van der Waals surface area contributed by atoms with Gasteiger partial charge in [0.2, 0.25) is 5.92 Å². The molecular formula is C43H55F3N2O. The van der Waals surface area contributed by atoms with Gasteiger partial charge in [-0.15, -0.1) is 0 Å². The van der Waals surface area contributed by atoms with Crippen LogP contribution in [0.15, 0.2) is 84.5 Å². The molecule has 5 aliphatic rings. The first-order valence-corrected chi connectivity index (χ1v) is 18.5. The van der Waals surface area contributed by atoms with E-state index in [1.54, 1.807) is 6.07 Å². The van der Waals surface area contributed by atoms with Gasteiger partial charge in [0.25, 0.3) is 5.91 Å². The second kappa shape index (κ2) is 15.2. The number of carbonyl (C=O) groups is 1. The van der Waals surface area contributed by atoms with Crippen molar-refractivity contribution in [3.8, 4) is 0 Å². The minimum absolute atomic E-state index is 0.0119. The number of rotatable bonds is 9. The standard InChI is InChI=1S/C34H42F2N2O.C7H7F.C2H6/c1-4-5-6-9-27-19-28(12-11-24(27)2)31(39)37-17-13-29(14-18-37)32(15-16-32)38(23-26-20-33(35,36)21-26)34-22-30(34)10-7-8-25(34)3;1-6-3-2-4-7(8)5-6;1-2/h6-12,15-16,19,26,29-30H,4-5,13-14,17-18,20-23H2,1-3H3;2-5H,1H3;1-2H3/b9-6-;;. The quantitative estimate of drug-likeness (QED) is 0.248. The lowest BCUT2D eigenvalue weighted by Crippen LogP contribution is -2.58. The predicted octanol–water partition coefficient (Wildman–Crippen LogP) is 10.8. The Bertz CT molecular complexity index is 1570. The van der Waals surface area contributed by atoms with Crippen LogP contribution in [0.2, 0.25) is 0 Å². The molecule has 1 amide bonds. The summed E-state index contributed by atoms with van der Waals surface area (Å²) in [4.78, 5) is 18.1. The molecule has 4 aliphatic carbocycles. The summed E-state index contributed by atoms with van der Waals surface area (Å²) >= 11 is 0. The molecular weight excluding hydrogens is 617 g/mol. The smallest absolute Gasteiger partial charge is 0.253 e. The van der Waals surface area contributed by atoms with Gasteiger partial charge < -0.3 is 4.90 Å². The first-order valence-electron chi connectivity index (χ1n) is 18.5. The molecule has 2 unspecified atom stereocenters. The number of allylic oxidation sites excluding steroid dienone is 3. The van der Waals surface area contributed by atoms with Gasteiger partial charge in [-0.2, -0.15) is 0 Å². The SMILES string of the molecule is CC.CCC/C=C\c1cc(C(=O)N2CCC(C3(N(CC4CC(F)(F)C4)C45CC4C=CC=C5C)C=C3)CC2)ccc1C.Cc1cccc(F)c1. The van der Waals surface area contributed by atoms with E-state index in [0.29, 0.717) is 11.8 Å². The maximum Gasteiger partial charge on any atom is 0.253 e. The normalized spacial score (nSPS) is 24.7. The fraction of sp³-hybridized carbons (Fsp3) is 0.512.